The molecule has 5 heterocycles. The van der Waals surface area contributed by atoms with Crippen molar-refractivity contribution >= 4 is 22.5 Å². The lowest BCUT2D eigenvalue weighted by Gasteiger charge is -2.49. The molecule has 7 nitrogen and oxygen atoms in total. The van der Waals surface area contributed by atoms with E-state index in [0.29, 0.717) is 17.1 Å². The number of benzene rings is 4. The molecule has 0 aromatic heterocycles. The maximum absolute atomic E-state index is 10.4. The van der Waals surface area contributed by atoms with Crippen LogP contribution in [0.2, 0.25) is 0 Å². The van der Waals surface area contributed by atoms with Crippen LogP contribution in [-0.4, -0.2) is 40.4 Å². The van der Waals surface area contributed by atoms with E-state index in [1.807, 2.05) is 12.2 Å². The van der Waals surface area contributed by atoms with Crippen molar-refractivity contribution in [2.24, 2.45) is 0 Å². The topological polar surface area (TPSA) is 81.7 Å². The summed E-state index contributed by atoms with van der Waals surface area (Å²) in [6, 6.07) is 26.3. The number of ether oxygens (including phenoxy) is 3. The smallest absolute Gasteiger partial charge is 0.137 e. The van der Waals surface area contributed by atoms with Gasteiger partial charge in [-0.3, -0.25) is 0 Å². The predicted molar refractivity (Wildman–Crippen MR) is 273 cm³/mol. The van der Waals surface area contributed by atoms with Crippen LogP contribution in [-0.2, 0) is 26.4 Å². The lowest BCUT2D eigenvalue weighted by Crippen LogP contribution is -2.45. The Morgan fingerprint density at radius 1 is 0.567 bits per heavy atom. The average Bonchev–Trinajstić information content (AvgIpc) is 3.29. The van der Waals surface area contributed by atoms with Crippen molar-refractivity contribution in [3.63, 3.8) is 0 Å². The maximum atomic E-state index is 10.4. The van der Waals surface area contributed by atoms with Crippen LogP contribution in [0.15, 0.2) is 108 Å². The van der Waals surface area contributed by atoms with E-state index >= 15 is 0 Å². The second-order valence-electron chi connectivity index (χ2n) is 22.1. The van der Waals surface area contributed by atoms with Crippen molar-refractivity contribution < 1.29 is 14.2 Å². The Hall–Kier alpha value is -6.44. The van der Waals surface area contributed by atoms with Crippen LogP contribution in [0.4, 0.5) is 11.4 Å². The van der Waals surface area contributed by atoms with E-state index in [0.717, 1.165) is 108 Å². The van der Waals surface area contributed by atoms with Crippen LogP contribution in [0.1, 0.15) is 137 Å². The molecule has 0 unspecified atom stereocenters. The van der Waals surface area contributed by atoms with Crippen molar-refractivity contribution in [3.05, 3.63) is 163 Å². The molecule has 0 fully saturated rings. The van der Waals surface area contributed by atoms with Gasteiger partial charge in [-0.2, -0.15) is 10.5 Å². The Bertz CT molecular complexity index is 2740. The Kier molecular flexibility index (Phi) is 11.4. The molecule has 344 valence electrons. The highest BCUT2D eigenvalue weighted by Crippen LogP contribution is 2.57. The summed E-state index contributed by atoms with van der Waals surface area (Å²) in [5.41, 5.74) is 16.0. The standard InChI is InChI=1S/C60H66N4O3/c1-37-13-17-39(18-14-37)45(47-33-49-53-51(55(47)65-11)59(7,8)23-27-63(53)25-21-57(49,3)4)31-43-29-41(42(35-61)36-62)30-44(67-43)32-46(40-19-15-38(2)16-20-40)48-34-50-54-52(56(48)66-12)60(9,10)24-28-64(54)26-22-58(50,5)6/h13-20,29-34H,21-28H2,1-12H3. The number of allylic oxidation sites excluding steroid dienone is 6. The number of anilines is 2. The van der Waals surface area contributed by atoms with Gasteiger partial charge in [0.2, 0.25) is 0 Å². The number of methoxy groups -OCH3 is 2. The van der Waals surface area contributed by atoms with Gasteiger partial charge in [-0.15, -0.1) is 0 Å². The van der Waals surface area contributed by atoms with Gasteiger partial charge in [-0.05, 0) is 131 Å². The number of rotatable bonds is 8. The van der Waals surface area contributed by atoms with Crippen molar-refractivity contribution in [2.75, 3.05) is 50.2 Å². The van der Waals surface area contributed by atoms with Gasteiger partial charge >= 0.3 is 0 Å². The van der Waals surface area contributed by atoms with Gasteiger partial charge in [-0.25, -0.2) is 0 Å². The van der Waals surface area contributed by atoms with Crippen LogP contribution < -0.4 is 19.3 Å². The van der Waals surface area contributed by atoms with Gasteiger partial charge in [0.25, 0.3) is 0 Å². The molecule has 0 amide bonds. The molecule has 7 heteroatoms. The summed E-state index contributed by atoms with van der Waals surface area (Å²) in [5, 5.41) is 20.8. The lowest BCUT2D eigenvalue weighted by atomic mass is 9.68. The third-order valence-corrected chi connectivity index (χ3v) is 15.6. The average molecular weight is 891 g/mol. The minimum absolute atomic E-state index is 0.00707. The van der Waals surface area contributed by atoms with Crippen LogP contribution >= 0.6 is 0 Å². The Balaban J connectivity index is 1.29. The predicted octanol–water partition coefficient (Wildman–Crippen LogP) is 13.4. The number of nitriles is 2. The van der Waals surface area contributed by atoms with Crippen LogP contribution in [0.5, 0.6) is 11.5 Å². The molecule has 9 rings (SSSR count). The Morgan fingerprint density at radius 3 is 1.27 bits per heavy atom. The summed E-state index contributed by atoms with van der Waals surface area (Å²) in [5.74, 6) is 2.74. The molecule has 0 radical (unpaired) electrons. The molecular weight excluding hydrogens is 825 g/mol. The quantitative estimate of drug-likeness (QED) is 0.163. The first-order valence-corrected chi connectivity index (χ1v) is 24.1. The summed E-state index contributed by atoms with van der Waals surface area (Å²) < 4.78 is 20.2. The molecule has 0 N–H and O–H groups in total. The molecule has 67 heavy (non-hydrogen) atoms. The summed E-state index contributed by atoms with van der Waals surface area (Å²) in [4.78, 5) is 5.13. The molecule has 0 saturated carbocycles. The largest absolute Gasteiger partial charge is 0.496 e. The monoisotopic (exact) mass is 891 g/mol. The molecule has 0 aliphatic carbocycles. The SMILES string of the molecule is COc1c(C(=CC2=CC(=C(C#N)C#N)C=C(C=C(c3ccc(C)cc3)c3cc4c5c(c3OC)C(C)(C)CCN5CCC4(C)C)O2)c2ccc(C)cc2)cc2c3c1C(C)(C)CCN3CCC2(C)C. The van der Waals surface area contributed by atoms with E-state index in [1.165, 1.54) is 33.6 Å². The summed E-state index contributed by atoms with van der Waals surface area (Å²) >= 11 is 0. The van der Waals surface area contributed by atoms with E-state index in [9.17, 15) is 10.5 Å². The number of hydrogen-bond acceptors (Lipinski definition) is 7. The number of nitrogens with zero attached hydrogens (tertiary/aromatic N) is 4. The van der Waals surface area contributed by atoms with Crippen LogP contribution in [0.3, 0.4) is 0 Å². The molecule has 0 saturated heterocycles. The third-order valence-electron chi connectivity index (χ3n) is 15.6. The summed E-state index contributed by atoms with van der Waals surface area (Å²) in [6.45, 7) is 27.1. The van der Waals surface area contributed by atoms with Crippen molar-refractivity contribution in [3.8, 4) is 23.6 Å². The minimum Gasteiger partial charge on any atom is -0.496 e. The molecule has 0 atom stereocenters. The fourth-order valence-electron chi connectivity index (χ4n) is 11.3. The van der Waals surface area contributed by atoms with E-state index in [4.69, 9.17) is 14.2 Å². The normalized spacial score (nSPS) is 19.7. The Morgan fingerprint density at radius 2 is 0.925 bits per heavy atom. The lowest BCUT2D eigenvalue weighted by molar-refractivity contribution is 0.332. The van der Waals surface area contributed by atoms with Crippen molar-refractivity contribution in [1.82, 2.24) is 0 Å². The van der Waals surface area contributed by atoms with Gasteiger partial charge in [0.05, 0.1) is 14.2 Å². The first-order valence-electron chi connectivity index (χ1n) is 24.1. The second kappa shape index (κ2) is 16.7. The molecular formula is C60H66N4O3. The van der Waals surface area contributed by atoms with Gasteiger partial charge < -0.3 is 24.0 Å². The minimum atomic E-state index is -0.134. The highest BCUT2D eigenvalue weighted by atomic mass is 16.5. The van der Waals surface area contributed by atoms with Gasteiger partial charge in [0, 0.05) is 65.4 Å². The summed E-state index contributed by atoms with van der Waals surface area (Å²) in [7, 11) is 3.59. The molecule has 5 aliphatic heterocycles. The van der Waals surface area contributed by atoms with Crippen LogP contribution in [0.25, 0.3) is 11.1 Å². The van der Waals surface area contributed by atoms with E-state index in [1.54, 1.807) is 14.2 Å². The number of aryl methyl sites for hydroxylation is 2. The van der Waals surface area contributed by atoms with Gasteiger partial charge in [-0.1, -0.05) is 115 Å². The third kappa shape index (κ3) is 7.95. The summed E-state index contributed by atoms with van der Waals surface area (Å²) in [6.07, 6.45) is 11.9. The highest BCUT2D eigenvalue weighted by molar-refractivity contribution is 5.91. The Labute approximate surface area is 399 Å². The van der Waals surface area contributed by atoms with E-state index < -0.39 is 0 Å². The molecule has 4 aromatic carbocycles. The first-order chi connectivity index (χ1) is 31.8. The first kappa shape index (κ1) is 45.7. The highest BCUT2D eigenvalue weighted by Gasteiger charge is 2.45. The molecule has 0 spiro atoms. The fourth-order valence-corrected chi connectivity index (χ4v) is 11.3. The number of hydrogen-bond donors (Lipinski definition) is 0. The zero-order valence-corrected chi connectivity index (χ0v) is 41.8. The van der Waals surface area contributed by atoms with E-state index in [-0.39, 0.29) is 27.2 Å². The van der Waals surface area contributed by atoms with Crippen molar-refractivity contribution in [1.29, 1.82) is 10.5 Å². The zero-order chi connectivity index (χ0) is 47.8. The van der Waals surface area contributed by atoms with Gasteiger partial charge in [0.1, 0.15) is 40.7 Å². The van der Waals surface area contributed by atoms with E-state index in [2.05, 4.69) is 164 Å². The molecule has 4 aromatic rings. The zero-order valence-electron chi connectivity index (χ0n) is 41.8. The fraction of sp³-hybridized carbons (Fsp3) is 0.400. The van der Waals surface area contributed by atoms with Gasteiger partial charge in [0.15, 0.2) is 0 Å². The molecule has 0 bridgehead atoms. The van der Waals surface area contributed by atoms with Crippen LogP contribution in [0, 0.1) is 36.5 Å². The maximum Gasteiger partial charge on any atom is 0.137 e. The van der Waals surface area contributed by atoms with Crippen molar-refractivity contribution in [2.45, 2.75) is 117 Å². The second-order valence-corrected chi connectivity index (χ2v) is 22.1. The molecule has 5 aliphatic rings.